The first kappa shape index (κ1) is 23.2. The first-order chi connectivity index (χ1) is 17.3. The number of rotatable bonds is 7. The minimum absolute atomic E-state index is 0.0182. The number of halogens is 2. The standard InChI is InChI=1S/C26H28F2N6O2/c1-15(2)34-23-19-10-16(5-7-22(19)30-31-24(23)32(3)25(34)35)17-4-6-18(29-11-17)14-36-9-8-33-12-20-21(13-33)26(20,27)28/h4-7,10-11,15,20-21H,8-9,12-14H2,1-3H3. The summed E-state index contributed by atoms with van der Waals surface area (Å²) in [5.41, 5.74) is 4.66. The molecule has 4 aromatic rings. The average Bonchev–Trinajstić information content (AvgIpc) is 3.18. The van der Waals surface area contributed by atoms with Crippen LogP contribution in [0, 0.1) is 11.8 Å². The Morgan fingerprint density at radius 3 is 2.56 bits per heavy atom. The van der Waals surface area contributed by atoms with Crippen molar-refractivity contribution in [2.45, 2.75) is 32.4 Å². The van der Waals surface area contributed by atoms with Gasteiger partial charge in [-0.3, -0.25) is 14.1 Å². The molecule has 10 heteroatoms. The van der Waals surface area contributed by atoms with Crippen LogP contribution in [0.5, 0.6) is 0 Å². The molecule has 1 aliphatic carbocycles. The highest BCUT2D eigenvalue weighted by atomic mass is 19.3. The third-order valence-corrected chi connectivity index (χ3v) is 7.52. The van der Waals surface area contributed by atoms with Gasteiger partial charge in [0, 0.05) is 61.7 Å². The third-order valence-electron chi connectivity index (χ3n) is 7.52. The van der Waals surface area contributed by atoms with Gasteiger partial charge in [-0.25, -0.2) is 13.6 Å². The summed E-state index contributed by atoms with van der Waals surface area (Å²) in [7, 11) is 1.71. The molecule has 0 radical (unpaired) electrons. The molecule has 36 heavy (non-hydrogen) atoms. The van der Waals surface area contributed by atoms with Crippen LogP contribution in [0.15, 0.2) is 41.3 Å². The molecule has 0 bridgehead atoms. The Bertz CT molecular complexity index is 1500. The van der Waals surface area contributed by atoms with E-state index in [4.69, 9.17) is 4.74 Å². The zero-order valence-corrected chi connectivity index (χ0v) is 20.5. The molecule has 188 valence electrons. The molecule has 0 spiro atoms. The highest BCUT2D eigenvalue weighted by Gasteiger charge is 2.71. The zero-order chi connectivity index (χ0) is 25.2. The van der Waals surface area contributed by atoms with Crippen LogP contribution in [0.2, 0.25) is 0 Å². The second-order valence-corrected chi connectivity index (χ2v) is 10.1. The lowest BCUT2D eigenvalue weighted by molar-refractivity contribution is 0.0406. The number of imidazole rings is 1. The molecule has 0 N–H and O–H groups in total. The van der Waals surface area contributed by atoms with Gasteiger partial charge in [-0.1, -0.05) is 12.1 Å². The molecule has 4 heterocycles. The third kappa shape index (κ3) is 3.70. The molecule has 1 aliphatic heterocycles. The number of hydrogen-bond acceptors (Lipinski definition) is 6. The summed E-state index contributed by atoms with van der Waals surface area (Å²) >= 11 is 0. The number of hydrogen-bond donors (Lipinski definition) is 0. The molecule has 2 unspecified atom stereocenters. The van der Waals surface area contributed by atoms with Gasteiger partial charge in [0.15, 0.2) is 5.65 Å². The number of ether oxygens (including phenoxy) is 1. The minimum Gasteiger partial charge on any atom is -0.374 e. The van der Waals surface area contributed by atoms with E-state index < -0.39 is 17.8 Å². The van der Waals surface area contributed by atoms with Gasteiger partial charge in [0.05, 0.1) is 24.4 Å². The number of piperidine rings is 1. The van der Waals surface area contributed by atoms with Crippen molar-refractivity contribution in [3.63, 3.8) is 0 Å². The lowest BCUT2D eigenvalue weighted by Gasteiger charge is -2.18. The van der Waals surface area contributed by atoms with Gasteiger partial charge in [-0.2, -0.15) is 0 Å². The summed E-state index contributed by atoms with van der Waals surface area (Å²) in [5.74, 6) is -3.35. The second kappa shape index (κ2) is 8.41. The van der Waals surface area contributed by atoms with Crippen molar-refractivity contribution < 1.29 is 13.5 Å². The maximum atomic E-state index is 13.3. The highest BCUT2D eigenvalue weighted by Crippen LogP contribution is 2.59. The Labute approximate surface area is 206 Å². The first-order valence-electron chi connectivity index (χ1n) is 12.3. The molecule has 3 aromatic heterocycles. The predicted molar refractivity (Wildman–Crippen MR) is 132 cm³/mol. The Balaban J connectivity index is 1.16. The zero-order valence-electron chi connectivity index (χ0n) is 20.5. The normalized spacial score (nSPS) is 21.1. The smallest absolute Gasteiger partial charge is 0.330 e. The van der Waals surface area contributed by atoms with Gasteiger partial charge in [0.2, 0.25) is 0 Å². The summed E-state index contributed by atoms with van der Waals surface area (Å²) in [5, 5.41) is 9.48. The van der Waals surface area contributed by atoms with Gasteiger partial charge in [0.25, 0.3) is 5.92 Å². The van der Waals surface area contributed by atoms with Crippen LogP contribution in [0.25, 0.3) is 33.2 Å². The number of alkyl halides is 2. The van der Waals surface area contributed by atoms with E-state index in [0.717, 1.165) is 33.2 Å². The van der Waals surface area contributed by atoms with Crippen LogP contribution in [0.1, 0.15) is 25.6 Å². The van der Waals surface area contributed by atoms with Crippen molar-refractivity contribution in [1.82, 2.24) is 29.2 Å². The number of aromatic nitrogens is 5. The van der Waals surface area contributed by atoms with Crippen molar-refractivity contribution in [2.75, 3.05) is 26.2 Å². The Morgan fingerprint density at radius 1 is 1.11 bits per heavy atom. The topological polar surface area (TPSA) is 78.1 Å². The summed E-state index contributed by atoms with van der Waals surface area (Å²) in [6, 6.07) is 9.82. The molecule has 1 saturated carbocycles. The largest absolute Gasteiger partial charge is 0.374 e. The summed E-state index contributed by atoms with van der Waals surface area (Å²) in [6.07, 6.45) is 1.81. The van der Waals surface area contributed by atoms with E-state index in [1.54, 1.807) is 11.6 Å². The Kier molecular flexibility index (Phi) is 5.42. The van der Waals surface area contributed by atoms with Crippen molar-refractivity contribution in [3.05, 3.63) is 52.7 Å². The molecular weight excluding hydrogens is 466 g/mol. The average molecular weight is 495 g/mol. The number of pyridine rings is 1. The van der Waals surface area contributed by atoms with E-state index in [1.807, 2.05) is 50.4 Å². The fraction of sp³-hybridized carbons (Fsp3) is 0.462. The van der Waals surface area contributed by atoms with E-state index in [1.165, 1.54) is 4.57 Å². The van der Waals surface area contributed by atoms with E-state index in [9.17, 15) is 13.6 Å². The molecule has 2 atom stereocenters. The predicted octanol–water partition coefficient (Wildman–Crippen LogP) is 3.64. The van der Waals surface area contributed by atoms with Gasteiger partial charge in [-0.15, -0.1) is 10.2 Å². The van der Waals surface area contributed by atoms with Crippen LogP contribution in [-0.4, -0.2) is 61.4 Å². The van der Waals surface area contributed by atoms with Gasteiger partial charge < -0.3 is 9.64 Å². The maximum absolute atomic E-state index is 13.3. The van der Waals surface area contributed by atoms with E-state index in [2.05, 4.69) is 20.1 Å². The molecule has 2 fully saturated rings. The van der Waals surface area contributed by atoms with E-state index >= 15 is 0 Å². The number of nitrogens with zero attached hydrogens (tertiary/aromatic N) is 6. The lowest BCUT2D eigenvalue weighted by Crippen LogP contribution is -2.30. The fourth-order valence-corrected chi connectivity index (χ4v) is 5.37. The van der Waals surface area contributed by atoms with Crippen molar-refractivity contribution >= 4 is 22.1 Å². The van der Waals surface area contributed by atoms with Crippen LogP contribution in [0.4, 0.5) is 8.78 Å². The molecule has 6 rings (SSSR count). The number of aryl methyl sites for hydroxylation is 1. The van der Waals surface area contributed by atoms with Gasteiger partial charge >= 0.3 is 5.69 Å². The van der Waals surface area contributed by atoms with Crippen LogP contribution in [0.3, 0.4) is 0 Å². The van der Waals surface area contributed by atoms with Crippen LogP contribution >= 0.6 is 0 Å². The van der Waals surface area contributed by atoms with Gasteiger partial charge in [0.1, 0.15) is 5.52 Å². The molecule has 1 saturated heterocycles. The van der Waals surface area contributed by atoms with Crippen molar-refractivity contribution in [2.24, 2.45) is 18.9 Å². The highest BCUT2D eigenvalue weighted by molar-refractivity contribution is 6.02. The SMILES string of the molecule is CC(C)n1c(=O)n(C)c2nnc3ccc(-c4ccc(COCCN5CC6C(C5)C6(F)F)nc4)cc3c21. The molecular formula is C26H28F2N6O2. The van der Waals surface area contributed by atoms with Crippen LogP contribution < -0.4 is 5.69 Å². The van der Waals surface area contributed by atoms with Crippen LogP contribution in [-0.2, 0) is 18.4 Å². The summed E-state index contributed by atoms with van der Waals surface area (Å²) in [4.78, 5) is 19.4. The molecule has 8 nitrogen and oxygen atoms in total. The lowest BCUT2D eigenvalue weighted by atomic mass is 10.0. The van der Waals surface area contributed by atoms with Gasteiger partial charge in [-0.05, 0) is 37.6 Å². The molecule has 1 aromatic carbocycles. The van der Waals surface area contributed by atoms with Crippen molar-refractivity contribution in [1.29, 1.82) is 0 Å². The maximum Gasteiger partial charge on any atom is 0.330 e. The second-order valence-electron chi connectivity index (χ2n) is 10.1. The van der Waals surface area contributed by atoms with E-state index in [-0.39, 0.29) is 11.7 Å². The van der Waals surface area contributed by atoms with Crippen molar-refractivity contribution in [3.8, 4) is 11.1 Å². The number of benzene rings is 1. The Morgan fingerprint density at radius 2 is 1.86 bits per heavy atom. The fourth-order valence-electron chi connectivity index (χ4n) is 5.37. The molecule has 2 aliphatic rings. The Hall–Kier alpha value is -3.24. The number of fused-ring (bicyclic) bond motifs is 4. The quantitative estimate of drug-likeness (QED) is 0.365. The summed E-state index contributed by atoms with van der Waals surface area (Å²) < 4.78 is 35.6. The number of likely N-dealkylation sites (tertiary alicyclic amines) is 1. The monoisotopic (exact) mass is 494 g/mol. The summed E-state index contributed by atoms with van der Waals surface area (Å²) in [6.45, 7) is 6.42. The minimum atomic E-state index is -2.44. The first-order valence-corrected chi connectivity index (χ1v) is 12.3. The molecule has 0 amide bonds. The van der Waals surface area contributed by atoms with E-state index in [0.29, 0.717) is 38.5 Å².